The van der Waals surface area contributed by atoms with E-state index in [-0.39, 0.29) is 23.4 Å². The first kappa shape index (κ1) is 17.0. The Morgan fingerprint density at radius 3 is 2.45 bits per heavy atom. The van der Waals surface area contributed by atoms with Crippen molar-refractivity contribution in [1.29, 1.82) is 0 Å². The fraction of sp³-hybridized carbons (Fsp3) is 0.667. The number of alkyl halides is 3. The van der Waals surface area contributed by atoms with Crippen molar-refractivity contribution in [3.63, 3.8) is 0 Å². The number of rotatable bonds is 5. The molecule has 1 heterocycles. The molecule has 1 aromatic rings. The van der Waals surface area contributed by atoms with Crippen molar-refractivity contribution in [3.8, 4) is 0 Å². The quantitative estimate of drug-likeness (QED) is 0.819. The Hall–Kier alpha value is -1.08. The van der Waals surface area contributed by atoms with Crippen molar-refractivity contribution >= 4 is 17.4 Å². The second-order valence-electron chi connectivity index (χ2n) is 5.35. The van der Waals surface area contributed by atoms with Crippen LogP contribution in [-0.2, 0) is 6.18 Å². The average molecular weight is 312 g/mol. The van der Waals surface area contributed by atoms with E-state index < -0.39 is 17.6 Å². The van der Waals surface area contributed by atoms with Crippen LogP contribution >= 0.6 is 11.6 Å². The molecule has 0 radical (unpaired) electrons. The summed E-state index contributed by atoms with van der Waals surface area (Å²) in [6.45, 7) is 5.55. The van der Waals surface area contributed by atoms with E-state index in [1.807, 2.05) is 13.8 Å². The minimum absolute atomic E-state index is 0.0653. The molecule has 114 valence electrons. The molecule has 0 aromatic carbocycles. The SMILES string of the molecule is CC(C)CC(C)(O)CNc1cc(Cl)nc(C(F)(F)F)n1. The molecule has 0 saturated carbocycles. The zero-order chi connectivity index (χ0) is 15.6. The largest absolute Gasteiger partial charge is 0.451 e. The van der Waals surface area contributed by atoms with E-state index in [4.69, 9.17) is 11.6 Å². The van der Waals surface area contributed by atoms with Crippen molar-refractivity contribution in [1.82, 2.24) is 9.97 Å². The minimum atomic E-state index is -4.66. The molecule has 0 aliphatic rings. The Balaban J connectivity index is 2.81. The van der Waals surface area contributed by atoms with Crippen LogP contribution in [0.3, 0.4) is 0 Å². The first-order chi connectivity index (χ1) is 8.99. The van der Waals surface area contributed by atoms with Crippen LogP contribution in [0.1, 0.15) is 33.0 Å². The maximum absolute atomic E-state index is 12.5. The highest BCUT2D eigenvalue weighted by Crippen LogP contribution is 2.28. The van der Waals surface area contributed by atoms with Crippen LogP contribution < -0.4 is 5.32 Å². The van der Waals surface area contributed by atoms with Crippen LogP contribution in [0.15, 0.2) is 6.07 Å². The molecule has 0 saturated heterocycles. The number of nitrogens with one attached hydrogen (secondary N) is 1. The van der Waals surface area contributed by atoms with E-state index in [9.17, 15) is 18.3 Å². The lowest BCUT2D eigenvalue weighted by atomic mass is 9.94. The van der Waals surface area contributed by atoms with Crippen molar-refractivity contribution < 1.29 is 18.3 Å². The molecule has 0 spiro atoms. The summed E-state index contributed by atoms with van der Waals surface area (Å²) in [5.74, 6) is -1.12. The standard InChI is InChI=1S/C12H17ClF3N3O/c1-7(2)5-11(3,20)6-17-9-4-8(13)18-10(19-9)12(14,15)16/h4,7,20H,5-6H2,1-3H3,(H,17,18,19). The van der Waals surface area contributed by atoms with E-state index in [2.05, 4.69) is 15.3 Å². The lowest BCUT2D eigenvalue weighted by molar-refractivity contribution is -0.144. The van der Waals surface area contributed by atoms with Crippen molar-refractivity contribution in [2.45, 2.75) is 39.0 Å². The van der Waals surface area contributed by atoms with Gasteiger partial charge in [0.25, 0.3) is 0 Å². The van der Waals surface area contributed by atoms with Crippen LogP contribution in [0.25, 0.3) is 0 Å². The monoisotopic (exact) mass is 311 g/mol. The van der Waals surface area contributed by atoms with Crippen LogP contribution in [0, 0.1) is 5.92 Å². The average Bonchev–Trinajstić information content (AvgIpc) is 2.23. The van der Waals surface area contributed by atoms with Gasteiger partial charge in [0.1, 0.15) is 11.0 Å². The molecule has 8 heteroatoms. The first-order valence-electron chi connectivity index (χ1n) is 6.07. The Kier molecular flexibility index (Phi) is 5.21. The van der Waals surface area contributed by atoms with E-state index in [1.54, 1.807) is 6.92 Å². The molecular weight excluding hydrogens is 295 g/mol. The van der Waals surface area contributed by atoms with Gasteiger partial charge in [-0.3, -0.25) is 0 Å². The van der Waals surface area contributed by atoms with Gasteiger partial charge in [-0.05, 0) is 19.3 Å². The van der Waals surface area contributed by atoms with Gasteiger partial charge in [-0.1, -0.05) is 25.4 Å². The lowest BCUT2D eigenvalue weighted by Crippen LogP contribution is -2.35. The predicted octanol–water partition coefficient (Wildman–Crippen LogP) is 3.36. The molecule has 1 aromatic heterocycles. The lowest BCUT2D eigenvalue weighted by Gasteiger charge is -2.25. The van der Waals surface area contributed by atoms with Crippen molar-refractivity contribution in [2.24, 2.45) is 5.92 Å². The number of aliphatic hydroxyl groups is 1. The Morgan fingerprint density at radius 1 is 1.35 bits per heavy atom. The summed E-state index contributed by atoms with van der Waals surface area (Å²) in [5.41, 5.74) is -1.05. The summed E-state index contributed by atoms with van der Waals surface area (Å²) < 4.78 is 37.6. The number of hydrogen-bond acceptors (Lipinski definition) is 4. The molecule has 20 heavy (non-hydrogen) atoms. The van der Waals surface area contributed by atoms with Gasteiger partial charge < -0.3 is 10.4 Å². The summed E-state index contributed by atoms with van der Waals surface area (Å²) in [6, 6.07) is 1.18. The number of halogens is 4. The summed E-state index contributed by atoms with van der Waals surface area (Å²) in [6.07, 6.45) is -4.16. The second-order valence-corrected chi connectivity index (χ2v) is 5.73. The molecule has 4 nitrogen and oxygen atoms in total. The van der Waals surface area contributed by atoms with Gasteiger partial charge in [0.2, 0.25) is 5.82 Å². The van der Waals surface area contributed by atoms with Crippen molar-refractivity contribution in [3.05, 3.63) is 17.0 Å². The molecule has 1 unspecified atom stereocenters. The number of hydrogen-bond donors (Lipinski definition) is 2. The summed E-state index contributed by atoms with van der Waals surface area (Å²) in [5, 5.41) is 12.4. The summed E-state index contributed by atoms with van der Waals surface area (Å²) >= 11 is 5.54. The third-order valence-corrected chi connectivity index (χ3v) is 2.64. The highest BCUT2D eigenvalue weighted by Gasteiger charge is 2.35. The number of aromatic nitrogens is 2. The first-order valence-corrected chi connectivity index (χ1v) is 6.45. The number of anilines is 1. The third-order valence-electron chi connectivity index (χ3n) is 2.45. The summed E-state index contributed by atoms with van der Waals surface area (Å²) in [7, 11) is 0. The van der Waals surface area contributed by atoms with E-state index in [0.29, 0.717) is 6.42 Å². The Labute approximate surface area is 120 Å². The van der Waals surface area contributed by atoms with Gasteiger partial charge in [-0.2, -0.15) is 13.2 Å². The van der Waals surface area contributed by atoms with Crippen LogP contribution in [0.5, 0.6) is 0 Å². The minimum Gasteiger partial charge on any atom is -0.388 e. The van der Waals surface area contributed by atoms with Gasteiger partial charge in [-0.15, -0.1) is 0 Å². The third kappa shape index (κ3) is 5.50. The van der Waals surface area contributed by atoms with Crippen molar-refractivity contribution in [2.75, 3.05) is 11.9 Å². The van der Waals surface area contributed by atoms with E-state index >= 15 is 0 Å². The summed E-state index contributed by atoms with van der Waals surface area (Å²) in [4.78, 5) is 6.47. The fourth-order valence-corrected chi connectivity index (χ4v) is 2.05. The molecule has 2 N–H and O–H groups in total. The van der Waals surface area contributed by atoms with Gasteiger partial charge in [0, 0.05) is 12.6 Å². The molecule has 0 aliphatic heterocycles. The fourth-order valence-electron chi connectivity index (χ4n) is 1.87. The normalized spacial score (nSPS) is 15.2. The van der Waals surface area contributed by atoms with Gasteiger partial charge in [0.15, 0.2) is 0 Å². The maximum Gasteiger partial charge on any atom is 0.451 e. The Morgan fingerprint density at radius 2 is 1.95 bits per heavy atom. The van der Waals surface area contributed by atoms with Crippen LogP contribution in [0.2, 0.25) is 5.15 Å². The van der Waals surface area contributed by atoms with Crippen LogP contribution in [-0.4, -0.2) is 27.2 Å². The smallest absolute Gasteiger partial charge is 0.388 e. The maximum atomic E-state index is 12.5. The Bertz CT molecular complexity index is 464. The van der Waals surface area contributed by atoms with E-state index in [0.717, 1.165) is 0 Å². The van der Waals surface area contributed by atoms with Gasteiger partial charge >= 0.3 is 6.18 Å². The van der Waals surface area contributed by atoms with Gasteiger partial charge in [0.05, 0.1) is 5.60 Å². The zero-order valence-electron chi connectivity index (χ0n) is 11.4. The molecule has 0 bridgehead atoms. The molecule has 1 rings (SSSR count). The highest BCUT2D eigenvalue weighted by molar-refractivity contribution is 6.29. The van der Waals surface area contributed by atoms with Crippen LogP contribution in [0.4, 0.5) is 19.0 Å². The number of nitrogens with zero attached hydrogens (tertiary/aromatic N) is 2. The molecule has 0 aliphatic carbocycles. The zero-order valence-corrected chi connectivity index (χ0v) is 12.2. The highest BCUT2D eigenvalue weighted by atomic mass is 35.5. The predicted molar refractivity (Wildman–Crippen MR) is 70.6 cm³/mol. The molecule has 0 amide bonds. The topological polar surface area (TPSA) is 58.0 Å². The molecule has 1 atom stereocenters. The second kappa shape index (κ2) is 6.13. The molecule has 0 fully saturated rings. The molecular formula is C12H17ClF3N3O. The van der Waals surface area contributed by atoms with Gasteiger partial charge in [-0.25, -0.2) is 9.97 Å². The van der Waals surface area contributed by atoms with E-state index in [1.165, 1.54) is 6.07 Å².